The Labute approximate surface area is 109 Å². The van der Waals surface area contributed by atoms with Gasteiger partial charge in [-0.05, 0) is 46.5 Å². The molecule has 0 fully saturated rings. The maximum Gasteiger partial charge on any atom is 0.0548 e. The molecule has 5 heteroatoms. The predicted molar refractivity (Wildman–Crippen MR) is 69.6 cm³/mol. The summed E-state index contributed by atoms with van der Waals surface area (Å²) in [5.41, 5.74) is 6.96. The van der Waals surface area contributed by atoms with E-state index in [-0.39, 0.29) is 25.1 Å². The van der Waals surface area contributed by atoms with Crippen LogP contribution in [-0.4, -0.2) is 11.7 Å². The van der Waals surface area contributed by atoms with Crippen LogP contribution in [0.3, 0.4) is 0 Å². The van der Waals surface area contributed by atoms with Crippen LogP contribution >= 0.6 is 39.9 Å². The van der Waals surface area contributed by atoms with Gasteiger partial charge >= 0.3 is 0 Å². The molecule has 0 aliphatic carbocycles. The van der Waals surface area contributed by atoms with Crippen LogP contribution < -0.4 is 5.73 Å². The highest BCUT2D eigenvalue weighted by Gasteiger charge is 2.07. The number of halogens is 3. The van der Waals surface area contributed by atoms with Crippen molar-refractivity contribution in [2.45, 2.75) is 18.9 Å². The molecule has 0 saturated carbocycles. The van der Waals surface area contributed by atoms with Gasteiger partial charge in [0.05, 0.1) is 5.02 Å². The zero-order chi connectivity index (χ0) is 10.6. The first-order valence-corrected chi connectivity index (χ1v) is 5.63. The number of rotatable bonds is 4. The van der Waals surface area contributed by atoms with E-state index < -0.39 is 0 Å². The molecule has 0 aliphatic heterocycles. The standard InChI is InChI=1S/C10H13BrClNO.ClH/c11-8-6-7(3-4-9(8)12)10(13)2-1-5-14;/h3-4,6,10,14H,1-2,5,13H2;1H/t10-;/m1./s1. The monoisotopic (exact) mass is 313 g/mol. The molecule has 0 unspecified atom stereocenters. The highest BCUT2D eigenvalue weighted by Crippen LogP contribution is 2.26. The van der Waals surface area contributed by atoms with E-state index in [1.165, 1.54) is 0 Å². The van der Waals surface area contributed by atoms with Gasteiger partial charge in [-0.25, -0.2) is 0 Å². The van der Waals surface area contributed by atoms with Gasteiger partial charge in [0.15, 0.2) is 0 Å². The van der Waals surface area contributed by atoms with E-state index >= 15 is 0 Å². The lowest BCUT2D eigenvalue weighted by Crippen LogP contribution is -2.10. The fourth-order valence-corrected chi connectivity index (χ4v) is 1.73. The van der Waals surface area contributed by atoms with Crippen molar-refractivity contribution < 1.29 is 5.11 Å². The average molecular weight is 315 g/mol. The average Bonchev–Trinajstić information content (AvgIpc) is 2.18. The van der Waals surface area contributed by atoms with Gasteiger partial charge < -0.3 is 10.8 Å². The summed E-state index contributed by atoms with van der Waals surface area (Å²) in [5.74, 6) is 0. The van der Waals surface area contributed by atoms with E-state index in [4.69, 9.17) is 22.4 Å². The Balaban J connectivity index is 0.00000196. The maximum absolute atomic E-state index is 8.67. The van der Waals surface area contributed by atoms with Crippen molar-refractivity contribution in [3.8, 4) is 0 Å². The Morgan fingerprint density at radius 1 is 1.47 bits per heavy atom. The number of hydrogen-bond donors (Lipinski definition) is 2. The summed E-state index contributed by atoms with van der Waals surface area (Å²) < 4.78 is 0.858. The van der Waals surface area contributed by atoms with Crippen molar-refractivity contribution in [2.75, 3.05) is 6.61 Å². The number of aliphatic hydroxyl groups excluding tert-OH is 1. The minimum atomic E-state index is -0.0317. The third-order valence-electron chi connectivity index (χ3n) is 2.05. The molecule has 2 nitrogen and oxygen atoms in total. The fraction of sp³-hybridized carbons (Fsp3) is 0.400. The molecule has 0 amide bonds. The topological polar surface area (TPSA) is 46.2 Å². The van der Waals surface area contributed by atoms with Crippen molar-refractivity contribution >= 4 is 39.9 Å². The lowest BCUT2D eigenvalue weighted by atomic mass is 10.0. The summed E-state index contributed by atoms with van der Waals surface area (Å²) >= 11 is 9.21. The summed E-state index contributed by atoms with van der Waals surface area (Å²) in [4.78, 5) is 0. The van der Waals surface area contributed by atoms with E-state index in [9.17, 15) is 0 Å². The molecular weight excluding hydrogens is 301 g/mol. The Morgan fingerprint density at radius 3 is 2.67 bits per heavy atom. The molecule has 0 heterocycles. The summed E-state index contributed by atoms with van der Waals surface area (Å²) in [6, 6.07) is 5.62. The molecule has 15 heavy (non-hydrogen) atoms. The molecule has 0 saturated heterocycles. The van der Waals surface area contributed by atoms with Gasteiger partial charge in [0, 0.05) is 17.1 Å². The van der Waals surface area contributed by atoms with Crippen molar-refractivity contribution in [3.63, 3.8) is 0 Å². The highest BCUT2D eigenvalue weighted by atomic mass is 79.9. The van der Waals surface area contributed by atoms with Crippen molar-refractivity contribution in [3.05, 3.63) is 33.3 Å². The summed E-state index contributed by atoms with van der Waals surface area (Å²) in [6.07, 6.45) is 1.51. The van der Waals surface area contributed by atoms with Crippen molar-refractivity contribution in [2.24, 2.45) is 5.73 Å². The molecule has 86 valence electrons. The minimum Gasteiger partial charge on any atom is -0.396 e. The van der Waals surface area contributed by atoms with Crippen LogP contribution in [0.25, 0.3) is 0 Å². The Bertz CT molecular complexity index is 309. The summed E-state index contributed by atoms with van der Waals surface area (Å²) in [6.45, 7) is 0.183. The maximum atomic E-state index is 8.67. The van der Waals surface area contributed by atoms with Crippen molar-refractivity contribution in [1.29, 1.82) is 0 Å². The van der Waals surface area contributed by atoms with E-state index in [1.807, 2.05) is 18.2 Å². The number of nitrogens with two attached hydrogens (primary N) is 1. The molecule has 1 aromatic carbocycles. The van der Waals surface area contributed by atoms with Crippen LogP contribution in [-0.2, 0) is 0 Å². The van der Waals surface area contributed by atoms with Crippen LogP contribution in [0, 0.1) is 0 Å². The minimum absolute atomic E-state index is 0. The van der Waals surface area contributed by atoms with E-state index in [0.29, 0.717) is 5.02 Å². The SMILES string of the molecule is Cl.N[C@H](CCCO)c1ccc(Cl)c(Br)c1. The lowest BCUT2D eigenvalue weighted by molar-refractivity contribution is 0.280. The number of aliphatic hydroxyl groups is 1. The van der Waals surface area contributed by atoms with Gasteiger partial charge in [0.1, 0.15) is 0 Å². The Hall–Kier alpha value is 0.200. The van der Waals surface area contributed by atoms with Crippen LogP contribution in [0.15, 0.2) is 22.7 Å². The first-order chi connectivity index (χ1) is 6.65. The molecule has 1 rings (SSSR count). The normalized spacial score (nSPS) is 12.0. The van der Waals surface area contributed by atoms with Gasteiger partial charge in [-0.15, -0.1) is 12.4 Å². The largest absolute Gasteiger partial charge is 0.396 e. The second-order valence-electron chi connectivity index (χ2n) is 3.15. The Morgan fingerprint density at radius 2 is 2.13 bits per heavy atom. The first kappa shape index (κ1) is 15.2. The molecule has 0 radical (unpaired) electrons. The predicted octanol–water partition coefficient (Wildman–Crippen LogP) is 3.30. The van der Waals surface area contributed by atoms with Crippen LogP contribution in [0.5, 0.6) is 0 Å². The van der Waals surface area contributed by atoms with Gasteiger partial charge in [-0.3, -0.25) is 0 Å². The molecule has 1 aromatic rings. The number of benzene rings is 1. The third kappa shape index (κ3) is 4.70. The first-order valence-electron chi connectivity index (χ1n) is 4.46. The second-order valence-corrected chi connectivity index (χ2v) is 4.41. The van der Waals surface area contributed by atoms with E-state index in [2.05, 4.69) is 15.9 Å². The smallest absolute Gasteiger partial charge is 0.0548 e. The molecular formula is C10H14BrCl2NO. The molecule has 0 aromatic heterocycles. The Kier molecular flexibility index (Phi) is 7.57. The van der Waals surface area contributed by atoms with Crippen LogP contribution in [0.4, 0.5) is 0 Å². The molecule has 0 bridgehead atoms. The molecule has 0 aliphatic rings. The lowest BCUT2D eigenvalue weighted by Gasteiger charge is -2.11. The summed E-state index contributed by atoms with van der Waals surface area (Å²) in [7, 11) is 0. The zero-order valence-electron chi connectivity index (χ0n) is 8.12. The van der Waals surface area contributed by atoms with Crippen molar-refractivity contribution in [1.82, 2.24) is 0 Å². The van der Waals surface area contributed by atoms with E-state index in [1.54, 1.807) is 0 Å². The molecule has 3 N–H and O–H groups in total. The van der Waals surface area contributed by atoms with Gasteiger partial charge in [0.25, 0.3) is 0 Å². The van der Waals surface area contributed by atoms with E-state index in [0.717, 1.165) is 22.9 Å². The van der Waals surface area contributed by atoms with Crippen LogP contribution in [0.2, 0.25) is 5.02 Å². The van der Waals surface area contributed by atoms with Gasteiger partial charge in [-0.2, -0.15) is 0 Å². The number of hydrogen-bond acceptors (Lipinski definition) is 2. The summed E-state index contributed by atoms with van der Waals surface area (Å²) in [5, 5.41) is 9.36. The molecule has 1 atom stereocenters. The van der Waals surface area contributed by atoms with Crippen LogP contribution in [0.1, 0.15) is 24.4 Å². The van der Waals surface area contributed by atoms with Gasteiger partial charge in [-0.1, -0.05) is 17.7 Å². The quantitative estimate of drug-likeness (QED) is 0.895. The second kappa shape index (κ2) is 7.47. The third-order valence-corrected chi connectivity index (χ3v) is 3.26. The van der Waals surface area contributed by atoms with Gasteiger partial charge in [0.2, 0.25) is 0 Å². The molecule has 0 spiro atoms. The zero-order valence-corrected chi connectivity index (χ0v) is 11.3. The fourth-order valence-electron chi connectivity index (χ4n) is 1.22. The highest BCUT2D eigenvalue weighted by molar-refractivity contribution is 9.10.